The van der Waals surface area contributed by atoms with Gasteiger partial charge in [0.05, 0.1) is 22.7 Å². The summed E-state index contributed by atoms with van der Waals surface area (Å²) in [5.41, 5.74) is 25.1. The Hall–Kier alpha value is -3.54. The Balaban J connectivity index is 1.84. The molecule has 0 saturated carbocycles. The molecule has 24 heavy (non-hydrogen) atoms. The Kier molecular flexibility index (Phi) is 4.03. The second-order valence-electron chi connectivity index (χ2n) is 5.20. The van der Waals surface area contributed by atoms with E-state index in [2.05, 4.69) is 0 Å². The van der Waals surface area contributed by atoms with E-state index in [1.807, 2.05) is 0 Å². The van der Waals surface area contributed by atoms with Crippen LogP contribution in [-0.2, 0) is 0 Å². The Bertz CT molecular complexity index is 812. The second kappa shape index (κ2) is 6.29. The van der Waals surface area contributed by atoms with Crippen LogP contribution in [0.4, 0.5) is 22.7 Å². The maximum Gasteiger partial charge on any atom is 0.152 e. The van der Waals surface area contributed by atoms with Crippen molar-refractivity contribution >= 4 is 22.7 Å². The number of ether oxygens (including phenoxy) is 2. The van der Waals surface area contributed by atoms with E-state index in [-0.39, 0.29) is 0 Å². The van der Waals surface area contributed by atoms with E-state index >= 15 is 0 Å². The van der Waals surface area contributed by atoms with Crippen LogP contribution in [-0.4, -0.2) is 0 Å². The molecule has 0 spiro atoms. The molecule has 0 saturated heterocycles. The minimum atomic E-state index is 0.392. The molecule has 3 aromatic carbocycles. The lowest BCUT2D eigenvalue weighted by molar-refractivity contribution is 0.463. The largest absolute Gasteiger partial charge is 0.455 e. The molecule has 0 aliphatic carbocycles. The van der Waals surface area contributed by atoms with Gasteiger partial charge in [-0.2, -0.15) is 0 Å². The van der Waals surface area contributed by atoms with Crippen molar-refractivity contribution in [3.8, 4) is 23.0 Å². The number of anilines is 4. The fraction of sp³-hybridized carbons (Fsp3) is 0. The first-order valence-corrected chi connectivity index (χ1v) is 7.28. The van der Waals surface area contributed by atoms with Gasteiger partial charge in [-0.3, -0.25) is 0 Å². The number of benzene rings is 3. The van der Waals surface area contributed by atoms with E-state index in [0.29, 0.717) is 45.7 Å². The van der Waals surface area contributed by atoms with Crippen molar-refractivity contribution in [3.05, 3.63) is 60.7 Å². The van der Waals surface area contributed by atoms with Crippen molar-refractivity contribution in [3.63, 3.8) is 0 Å². The zero-order chi connectivity index (χ0) is 17.1. The average molecular weight is 322 g/mol. The molecule has 6 heteroatoms. The van der Waals surface area contributed by atoms with Crippen molar-refractivity contribution < 1.29 is 9.47 Å². The van der Waals surface area contributed by atoms with Gasteiger partial charge < -0.3 is 32.4 Å². The normalized spacial score (nSPS) is 10.3. The number of hydrogen-bond acceptors (Lipinski definition) is 6. The lowest BCUT2D eigenvalue weighted by Crippen LogP contribution is -1.98. The summed E-state index contributed by atoms with van der Waals surface area (Å²) in [6.07, 6.45) is 0. The van der Waals surface area contributed by atoms with Gasteiger partial charge in [0.1, 0.15) is 11.5 Å². The van der Waals surface area contributed by atoms with Gasteiger partial charge in [-0.1, -0.05) is 18.2 Å². The van der Waals surface area contributed by atoms with E-state index < -0.39 is 0 Å². The van der Waals surface area contributed by atoms with Crippen LogP contribution in [0.3, 0.4) is 0 Å². The van der Waals surface area contributed by atoms with Gasteiger partial charge in [0.2, 0.25) is 0 Å². The van der Waals surface area contributed by atoms with Gasteiger partial charge in [0, 0.05) is 6.07 Å². The number of rotatable bonds is 4. The zero-order valence-corrected chi connectivity index (χ0v) is 12.9. The molecule has 0 atom stereocenters. The summed E-state index contributed by atoms with van der Waals surface area (Å²) in [6.45, 7) is 0. The van der Waals surface area contributed by atoms with Gasteiger partial charge in [-0.05, 0) is 36.4 Å². The quantitative estimate of drug-likeness (QED) is 0.544. The smallest absolute Gasteiger partial charge is 0.152 e. The van der Waals surface area contributed by atoms with Crippen LogP contribution in [0.15, 0.2) is 60.7 Å². The van der Waals surface area contributed by atoms with Crippen molar-refractivity contribution in [1.82, 2.24) is 0 Å². The summed E-state index contributed by atoms with van der Waals surface area (Å²) >= 11 is 0. The molecule has 0 amide bonds. The molecule has 0 aliphatic heterocycles. The monoisotopic (exact) mass is 322 g/mol. The summed E-state index contributed by atoms with van der Waals surface area (Å²) in [4.78, 5) is 0. The third kappa shape index (κ3) is 3.12. The predicted molar refractivity (Wildman–Crippen MR) is 97.1 cm³/mol. The maximum absolute atomic E-state index is 5.92. The Morgan fingerprint density at radius 3 is 1.42 bits per heavy atom. The van der Waals surface area contributed by atoms with Gasteiger partial charge >= 0.3 is 0 Å². The lowest BCUT2D eigenvalue weighted by Gasteiger charge is -2.13. The van der Waals surface area contributed by atoms with Gasteiger partial charge in [0.15, 0.2) is 11.5 Å². The molecule has 0 radical (unpaired) electrons. The number of nitrogen functional groups attached to an aromatic ring is 4. The number of para-hydroxylation sites is 2. The van der Waals surface area contributed by atoms with Crippen LogP contribution in [0.5, 0.6) is 23.0 Å². The molecule has 0 aromatic heterocycles. The summed E-state index contributed by atoms with van der Waals surface area (Å²) in [5.74, 6) is 2.09. The van der Waals surface area contributed by atoms with Crippen LogP contribution < -0.4 is 32.4 Å². The average Bonchev–Trinajstić information content (AvgIpc) is 2.57. The van der Waals surface area contributed by atoms with Crippen molar-refractivity contribution in [2.24, 2.45) is 0 Å². The summed E-state index contributed by atoms with van der Waals surface area (Å²) in [7, 11) is 0. The first-order chi connectivity index (χ1) is 11.5. The van der Waals surface area contributed by atoms with Crippen molar-refractivity contribution in [1.29, 1.82) is 0 Å². The van der Waals surface area contributed by atoms with Crippen LogP contribution in [0.2, 0.25) is 0 Å². The summed E-state index contributed by atoms with van der Waals surface area (Å²) < 4.78 is 11.6. The van der Waals surface area contributed by atoms with Gasteiger partial charge in [-0.25, -0.2) is 0 Å². The molecule has 8 N–H and O–H groups in total. The maximum atomic E-state index is 5.92. The molecule has 3 rings (SSSR count). The fourth-order valence-corrected chi connectivity index (χ4v) is 2.16. The highest BCUT2D eigenvalue weighted by atomic mass is 16.5. The predicted octanol–water partition coefficient (Wildman–Crippen LogP) is 3.60. The number of hydrogen-bond donors (Lipinski definition) is 4. The van der Waals surface area contributed by atoms with Crippen LogP contribution in [0.1, 0.15) is 0 Å². The van der Waals surface area contributed by atoms with E-state index in [0.717, 1.165) is 0 Å². The lowest BCUT2D eigenvalue weighted by atomic mass is 10.2. The first-order valence-electron chi connectivity index (χ1n) is 7.28. The highest BCUT2D eigenvalue weighted by Gasteiger charge is 2.08. The molecule has 0 bridgehead atoms. The standard InChI is InChI=1S/C18H18N4O2/c19-13-6-2-8-15(17(13)21)23-11-4-1-5-12(10-11)24-16-9-3-7-14(20)18(16)22/h1-10H,19-22H2. The molecular formula is C18H18N4O2. The highest BCUT2D eigenvalue weighted by molar-refractivity contribution is 5.72. The molecular weight excluding hydrogens is 304 g/mol. The Morgan fingerprint density at radius 1 is 0.542 bits per heavy atom. The van der Waals surface area contributed by atoms with Crippen LogP contribution in [0.25, 0.3) is 0 Å². The molecule has 6 nitrogen and oxygen atoms in total. The molecule has 3 aromatic rings. The molecule has 0 unspecified atom stereocenters. The zero-order valence-electron chi connectivity index (χ0n) is 12.9. The van der Waals surface area contributed by atoms with Crippen molar-refractivity contribution in [2.75, 3.05) is 22.9 Å². The third-order valence-corrected chi connectivity index (χ3v) is 3.46. The minimum absolute atomic E-state index is 0.392. The van der Waals surface area contributed by atoms with E-state index in [4.69, 9.17) is 32.4 Å². The van der Waals surface area contributed by atoms with Gasteiger partial charge in [0.25, 0.3) is 0 Å². The minimum Gasteiger partial charge on any atom is -0.455 e. The molecule has 0 aliphatic rings. The SMILES string of the molecule is Nc1cccc(Oc2cccc(Oc3cccc(N)c3N)c2)c1N. The third-order valence-electron chi connectivity index (χ3n) is 3.46. The molecule has 0 heterocycles. The van der Waals surface area contributed by atoms with Gasteiger partial charge in [-0.15, -0.1) is 0 Å². The van der Waals surface area contributed by atoms with E-state index in [1.54, 1.807) is 60.7 Å². The Labute approximate surface area is 139 Å². The van der Waals surface area contributed by atoms with Crippen LogP contribution in [0, 0.1) is 0 Å². The second-order valence-corrected chi connectivity index (χ2v) is 5.20. The first kappa shape index (κ1) is 15.4. The molecule has 0 fully saturated rings. The fourth-order valence-electron chi connectivity index (χ4n) is 2.16. The number of nitrogens with two attached hydrogens (primary N) is 4. The Morgan fingerprint density at radius 2 is 0.958 bits per heavy atom. The van der Waals surface area contributed by atoms with Crippen LogP contribution >= 0.6 is 0 Å². The van der Waals surface area contributed by atoms with Crippen molar-refractivity contribution in [2.45, 2.75) is 0 Å². The highest BCUT2D eigenvalue weighted by Crippen LogP contribution is 2.35. The van der Waals surface area contributed by atoms with E-state index in [1.165, 1.54) is 0 Å². The van der Waals surface area contributed by atoms with E-state index in [9.17, 15) is 0 Å². The molecule has 122 valence electrons. The topological polar surface area (TPSA) is 123 Å². The summed E-state index contributed by atoms with van der Waals surface area (Å²) in [6, 6.07) is 17.6. The summed E-state index contributed by atoms with van der Waals surface area (Å²) in [5, 5.41) is 0.